The van der Waals surface area contributed by atoms with Gasteiger partial charge in [-0.1, -0.05) is 18.5 Å². The van der Waals surface area contributed by atoms with Crippen LogP contribution in [0.2, 0.25) is 5.02 Å². The van der Waals surface area contributed by atoms with Crippen molar-refractivity contribution in [1.82, 2.24) is 5.32 Å². The number of Topliss-reactive ketones (excluding diaryl/α,β-unsaturated/α-hetero) is 2. The van der Waals surface area contributed by atoms with E-state index in [1.165, 1.54) is 55.8 Å². The SMILES string of the molecule is COc1cc(OC)c2c(c1Cl)OC1(C2=O)C(O)=C(C(CC(=O)NCC(OC)OC)c2cc(OC)c(OC)c(OC)c2)C(=O)CC1C. The molecule has 0 fully saturated rings. The summed E-state index contributed by atoms with van der Waals surface area (Å²) in [5.74, 6) is -3.23. The third kappa shape index (κ3) is 5.78. The number of ether oxygens (including phenoxy) is 8. The summed E-state index contributed by atoms with van der Waals surface area (Å²) in [4.78, 5) is 41.6. The van der Waals surface area contributed by atoms with Crippen LogP contribution >= 0.6 is 11.6 Å². The standard InChI is InChI=1S/C32H38ClNO12/c1-15-9-18(35)25(30(37)32(15)31(38)26-19(39-2)13-20(40-3)27(33)29(26)46-32)17(12-23(36)34-14-24(43-6)44-7)16-10-21(41-4)28(45-8)22(11-16)42-5/h10-11,13,15,17,24,37H,9,12,14H2,1-8H3,(H,34,36). The van der Waals surface area contributed by atoms with Crippen molar-refractivity contribution in [3.63, 3.8) is 0 Å². The lowest BCUT2D eigenvalue weighted by Crippen LogP contribution is -2.53. The number of carbonyl (C=O) groups is 3. The van der Waals surface area contributed by atoms with E-state index in [2.05, 4.69) is 5.32 Å². The molecular weight excluding hydrogens is 626 g/mol. The van der Waals surface area contributed by atoms with Gasteiger partial charge in [0, 0.05) is 50.5 Å². The van der Waals surface area contributed by atoms with Gasteiger partial charge in [0.05, 0.1) is 42.1 Å². The zero-order chi connectivity index (χ0) is 33.9. The van der Waals surface area contributed by atoms with E-state index in [9.17, 15) is 19.5 Å². The van der Waals surface area contributed by atoms with E-state index in [-0.39, 0.29) is 70.0 Å². The molecule has 0 bridgehead atoms. The minimum absolute atomic E-state index is 0.00475. The number of aliphatic hydroxyl groups excluding tert-OH is 1. The number of fused-ring (bicyclic) bond motifs is 1. The molecule has 0 saturated heterocycles. The molecular formula is C32H38ClNO12. The molecule has 2 aliphatic rings. The first kappa shape index (κ1) is 34.7. The molecule has 1 amide bonds. The zero-order valence-corrected chi connectivity index (χ0v) is 27.7. The van der Waals surface area contributed by atoms with Crippen LogP contribution in [0.25, 0.3) is 0 Å². The number of methoxy groups -OCH3 is 7. The lowest BCUT2D eigenvalue weighted by molar-refractivity contribution is -0.127. The van der Waals surface area contributed by atoms with E-state index in [1.54, 1.807) is 19.1 Å². The van der Waals surface area contributed by atoms with E-state index in [4.69, 9.17) is 49.5 Å². The largest absolute Gasteiger partial charge is 0.507 e. The number of hydrogen-bond acceptors (Lipinski definition) is 12. The molecule has 3 atom stereocenters. The molecule has 46 heavy (non-hydrogen) atoms. The fraction of sp³-hybridized carbons (Fsp3) is 0.469. The molecule has 0 saturated carbocycles. The third-order valence-corrected chi connectivity index (χ3v) is 8.69. The Bertz CT molecular complexity index is 1530. The highest BCUT2D eigenvalue weighted by Crippen LogP contribution is 2.56. The molecule has 1 heterocycles. The Kier molecular flexibility index (Phi) is 10.6. The Morgan fingerprint density at radius 1 is 0.957 bits per heavy atom. The second-order valence-corrected chi connectivity index (χ2v) is 11.1. The van der Waals surface area contributed by atoms with Gasteiger partial charge in [-0.05, 0) is 17.7 Å². The molecule has 13 nitrogen and oxygen atoms in total. The number of carbonyl (C=O) groups excluding carboxylic acids is 3. The number of aliphatic hydroxyl groups is 1. The van der Waals surface area contributed by atoms with Crippen LogP contribution in [0, 0.1) is 5.92 Å². The minimum atomic E-state index is -2.05. The van der Waals surface area contributed by atoms with Gasteiger partial charge in [0.15, 0.2) is 35.1 Å². The van der Waals surface area contributed by atoms with Crippen molar-refractivity contribution in [1.29, 1.82) is 0 Å². The van der Waals surface area contributed by atoms with Crippen LogP contribution in [0.5, 0.6) is 34.5 Å². The highest BCUT2D eigenvalue weighted by Gasteiger charge is 2.61. The van der Waals surface area contributed by atoms with Crippen molar-refractivity contribution < 1.29 is 57.4 Å². The van der Waals surface area contributed by atoms with E-state index < -0.39 is 47.0 Å². The van der Waals surface area contributed by atoms with Crippen molar-refractivity contribution >= 4 is 29.1 Å². The molecule has 1 aliphatic carbocycles. The third-order valence-electron chi connectivity index (χ3n) is 8.33. The second-order valence-electron chi connectivity index (χ2n) is 10.7. The van der Waals surface area contributed by atoms with E-state index >= 15 is 0 Å². The van der Waals surface area contributed by atoms with Crippen LogP contribution in [0.15, 0.2) is 29.5 Å². The van der Waals surface area contributed by atoms with Crippen LogP contribution in [-0.4, -0.2) is 90.8 Å². The number of rotatable bonds is 13. The number of nitrogens with one attached hydrogen (secondary N) is 1. The molecule has 1 spiro atoms. The van der Waals surface area contributed by atoms with Crippen LogP contribution in [0.3, 0.4) is 0 Å². The van der Waals surface area contributed by atoms with E-state index in [1.807, 2.05) is 0 Å². The summed E-state index contributed by atoms with van der Waals surface area (Å²) < 4.78 is 44.0. The van der Waals surface area contributed by atoms with Gasteiger partial charge in [-0.2, -0.15) is 0 Å². The normalized spacial score (nSPS) is 19.6. The van der Waals surface area contributed by atoms with E-state index in [0.717, 1.165) is 0 Å². The molecule has 0 aromatic heterocycles. The summed E-state index contributed by atoms with van der Waals surface area (Å²) in [6.07, 6.45) is -1.27. The number of benzene rings is 2. The Balaban J connectivity index is 1.94. The molecule has 2 aromatic rings. The molecule has 14 heteroatoms. The van der Waals surface area contributed by atoms with Crippen molar-refractivity contribution in [3.8, 4) is 34.5 Å². The maximum Gasteiger partial charge on any atom is 0.231 e. The molecule has 4 rings (SSSR count). The number of halogens is 1. The van der Waals surface area contributed by atoms with Crippen LogP contribution in [-0.2, 0) is 19.1 Å². The van der Waals surface area contributed by atoms with Gasteiger partial charge in [-0.15, -0.1) is 0 Å². The molecule has 3 unspecified atom stereocenters. The lowest BCUT2D eigenvalue weighted by Gasteiger charge is -2.38. The van der Waals surface area contributed by atoms with Gasteiger partial charge in [0.25, 0.3) is 0 Å². The van der Waals surface area contributed by atoms with Gasteiger partial charge in [0.1, 0.15) is 22.1 Å². The Morgan fingerprint density at radius 2 is 1.54 bits per heavy atom. The van der Waals surface area contributed by atoms with Gasteiger partial charge >= 0.3 is 0 Å². The Morgan fingerprint density at radius 3 is 2.07 bits per heavy atom. The average molecular weight is 664 g/mol. The predicted octanol–water partition coefficient (Wildman–Crippen LogP) is 4.03. The summed E-state index contributed by atoms with van der Waals surface area (Å²) in [5, 5.41) is 14.8. The maximum atomic E-state index is 14.3. The first-order valence-electron chi connectivity index (χ1n) is 14.2. The quantitative estimate of drug-likeness (QED) is 0.297. The summed E-state index contributed by atoms with van der Waals surface area (Å²) in [5.41, 5.74) is -1.89. The van der Waals surface area contributed by atoms with Crippen molar-refractivity contribution in [2.24, 2.45) is 5.92 Å². The summed E-state index contributed by atoms with van der Waals surface area (Å²) in [6, 6.07) is 4.58. The van der Waals surface area contributed by atoms with Gasteiger partial charge in [-0.25, -0.2) is 0 Å². The molecule has 0 radical (unpaired) electrons. The number of amides is 1. The van der Waals surface area contributed by atoms with Gasteiger partial charge < -0.3 is 48.3 Å². The summed E-state index contributed by atoms with van der Waals surface area (Å²) >= 11 is 6.58. The monoisotopic (exact) mass is 663 g/mol. The Labute approximate surface area is 271 Å². The molecule has 250 valence electrons. The second kappa shape index (κ2) is 14.1. The average Bonchev–Trinajstić information content (AvgIpc) is 3.37. The fourth-order valence-electron chi connectivity index (χ4n) is 5.95. The highest BCUT2D eigenvalue weighted by atomic mass is 35.5. The van der Waals surface area contributed by atoms with Crippen molar-refractivity contribution in [2.75, 3.05) is 56.3 Å². The van der Waals surface area contributed by atoms with Crippen LogP contribution in [0.4, 0.5) is 0 Å². The predicted molar refractivity (Wildman–Crippen MR) is 165 cm³/mol. The lowest BCUT2D eigenvalue weighted by atomic mass is 9.69. The summed E-state index contributed by atoms with van der Waals surface area (Å²) in [7, 11) is 9.90. The fourth-order valence-corrected chi connectivity index (χ4v) is 6.21. The van der Waals surface area contributed by atoms with Gasteiger partial charge in [-0.3, -0.25) is 14.4 Å². The van der Waals surface area contributed by atoms with Crippen LogP contribution in [0.1, 0.15) is 41.6 Å². The first-order chi connectivity index (χ1) is 22.0. The Hall–Kier alpha value is -4.20. The van der Waals surface area contributed by atoms with E-state index in [0.29, 0.717) is 5.56 Å². The highest BCUT2D eigenvalue weighted by molar-refractivity contribution is 6.35. The number of allylic oxidation sites excluding steroid dienone is 1. The smallest absolute Gasteiger partial charge is 0.231 e. The maximum absolute atomic E-state index is 14.3. The first-order valence-corrected chi connectivity index (χ1v) is 14.6. The van der Waals surface area contributed by atoms with Crippen molar-refractivity contribution in [2.45, 2.75) is 37.6 Å². The zero-order valence-electron chi connectivity index (χ0n) is 26.9. The number of ketones is 2. The van der Waals surface area contributed by atoms with Gasteiger partial charge in [0.2, 0.25) is 23.0 Å². The molecule has 2 N–H and O–H groups in total. The summed E-state index contributed by atoms with van der Waals surface area (Å²) in [6.45, 7) is 1.62. The molecule has 2 aromatic carbocycles. The topological polar surface area (TPSA) is 157 Å². The number of hydrogen-bond donors (Lipinski definition) is 2. The molecule has 1 aliphatic heterocycles. The minimum Gasteiger partial charge on any atom is -0.507 e. The van der Waals surface area contributed by atoms with Crippen molar-refractivity contribution in [3.05, 3.63) is 45.7 Å². The van der Waals surface area contributed by atoms with Crippen LogP contribution < -0.4 is 33.7 Å².